The van der Waals surface area contributed by atoms with Crippen LogP contribution in [0.15, 0.2) is 77.3 Å². The molecule has 6 rings (SSSR count). The van der Waals surface area contributed by atoms with E-state index < -0.39 is 17.6 Å². The van der Waals surface area contributed by atoms with E-state index in [1.54, 1.807) is 36.4 Å². The third kappa shape index (κ3) is 5.91. The van der Waals surface area contributed by atoms with Crippen molar-refractivity contribution < 1.29 is 27.8 Å². The normalized spacial score (nSPS) is 14.5. The summed E-state index contributed by atoms with van der Waals surface area (Å²) in [5.74, 6) is -0.816. The Morgan fingerprint density at radius 2 is 1.86 bits per heavy atom. The molecule has 0 bridgehead atoms. The summed E-state index contributed by atoms with van der Waals surface area (Å²) in [5, 5.41) is 0. The summed E-state index contributed by atoms with van der Waals surface area (Å²) in [7, 11) is 1.32. The van der Waals surface area contributed by atoms with Crippen LogP contribution in [0.25, 0.3) is 22.3 Å². The number of benzene rings is 3. The third-order valence-corrected chi connectivity index (χ3v) is 7.74. The Balaban J connectivity index is 1.27. The first-order chi connectivity index (χ1) is 20.4. The SMILES string of the molecule is COC(=O)c1ccc2nc(Cc3cc(F)c(-c4cccc(OCc5ccc(Br)cc5)n4)cc3F)n(C[C@@H]3CCO3)c2c1. The first kappa shape index (κ1) is 28.0. The fourth-order valence-electron chi connectivity index (χ4n) is 4.86. The van der Waals surface area contributed by atoms with Crippen molar-refractivity contribution in [3.8, 4) is 17.1 Å². The highest BCUT2D eigenvalue weighted by Crippen LogP contribution is 2.29. The Morgan fingerprint density at radius 1 is 1.05 bits per heavy atom. The molecule has 0 unspecified atom stereocenters. The molecule has 0 radical (unpaired) electrons. The maximum Gasteiger partial charge on any atom is 0.337 e. The van der Waals surface area contributed by atoms with E-state index >= 15 is 8.78 Å². The topological polar surface area (TPSA) is 75.5 Å². The molecule has 0 aliphatic carbocycles. The molecule has 7 nitrogen and oxygen atoms in total. The molecule has 1 fully saturated rings. The fraction of sp³-hybridized carbons (Fsp3) is 0.219. The van der Waals surface area contributed by atoms with Gasteiger partial charge in [-0.3, -0.25) is 0 Å². The number of hydrogen-bond donors (Lipinski definition) is 0. The van der Waals surface area contributed by atoms with E-state index in [2.05, 4.69) is 20.9 Å². The van der Waals surface area contributed by atoms with E-state index in [0.29, 0.717) is 41.5 Å². The van der Waals surface area contributed by atoms with Crippen molar-refractivity contribution in [2.45, 2.75) is 32.1 Å². The maximum absolute atomic E-state index is 15.5. The smallest absolute Gasteiger partial charge is 0.337 e. The van der Waals surface area contributed by atoms with Gasteiger partial charge in [-0.1, -0.05) is 34.1 Å². The lowest BCUT2D eigenvalue weighted by molar-refractivity contribution is -0.0589. The molecular weight excluding hydrogens is 608 g/mol. The number of nitrogens with zero attached hydrogens (tertiary/aromatic N) is 3. The second-order valence-electron chi connectivity index (χ2n) is 9.99. The summed E-state index contributed by atoms with van der Waals surface area (Å²) in [6.45, 7) is 1.44. The minimum absolute atomic E-state index is 0.0174. The van der Waals surface area contributed by atoms with Crippen LogP contribution in [-0.4, -0.2) is 40.3 Å². The van der Waals surface area contributed by atoms with E-state index in [1.807, 2.05) is 28.8 Å². The van der Waals surface area contributed by atoms with Gasteiger partial charge in [-0.2, -0.15) is 0 Å². The summed E-state index contributed by atoms with van der Waals surface area (Å²) in [5.41, 5.74) is 3.11. The molecule has 0 N–H and O–H groups in total. The van der Waals surface area contributed by atoms with Crippen molar-refractivity contribution >= 4 is 32.9 Å². The summed E-state index contributed by atoms with van der Waals surface area (Å²) in [4.78, 5) is 21.2. The molecule has 10 heteroatoms. The zero-order chi connectivity index (χ0) is 29.2. The number of carbonyl (C=O) groups excluding carboxylic acids is 1. The van der Waals surface area contributed by atoms with Crippen molar-refractivity contribution in [3.05, 3.63) is 111 Å². The molecule has 0 spiro atoms. The number of ether oxygens (including phenoxy) is 3. The predicted molar refractivity (Wildman–Crippen MR) is 156 cm³/mol. The number of esters is 1. The second-order valence-corrected chi connectivity index (χ2v) is 10.9. The monoisotopic (exact) mass is 633 g/mol. The van der Waals surface area contributed by atoms with Crippen molar-refractivity contribution in [2.24, 2.45) is 0 Å². The molecule has 0 saturated carbocycles. The summed E-state index contributed by atoms with van der Waals surface area (Å²) >= 11 is 3.40. The Kier molecular flexibility index (Phi) is 7.99. The van der Waals surface area contributed by atoms with Gasteiger partial charge in [-0.05, 0) is 66.1 Å². The third-order valence-electron chi connectivity index (χ3n) is 7.21. The highest BCUT2D eigenvalue weighted by Gasteiger charge is 2.24. The molecule has 42 heavy (non-hydrogen) atoms. The zero-order valence-electron chi connectivity index (χ0n) is 22.6. The van der Waals surface area contributed by atoms with Crippen LogP contribution in [0.3, 0.4) is 0 Å². The first-order valence-electron chi connectivity index (χ1n) is 13.4. The van der Waals surface area contributed by atoms with Crippen LogP contribution in [0, 0.1) is 11.6 Å². The van der Waals surface area contributed by atoms with Crippen LogP contribution in [0.5, 0.6) is 5.88 Å². The van der Waals surface area contributed by atoms with Crippen LogP contribution in [-0.2, 0) is 29.0 Å². The van der Waals surface area contributed by atoms with Crippen LogP contribution < -0.4 is 4.74 Å². The lowest BCUT2D eigenvalue weighted by Crippen LogP contribution is -2.31. The quantitative estimate of drug-likeness (QED) is 0.165. The average Bonchev–Trinajstić information content (AvgIpc) is 3.31. The predicted octanol–water partition coefficient (Wildman–Crippen LogP) is 6.88. The molecule has 1 aliphatic rings. The van der Waals surface area contributed by atoms with Gasteiger partial charge in [0.1, 0.15) is 24.1 Å². The van der Waals surface area contributed by atoms with Crippen LogP contribution in [0.4, 0.5) is 8.78 Å². The van der Waals surface area contributed by atoms with Crippen molar-refractivity contribution in [3.63, 3.8) is 0 Å². The largest absolute Gasteiger partial charge is 0.473 e. The second kappa shape index (κ2) is 12.0. The number of imidazole rings is 1. The molecule has 1 atom stereocenters. The van der Waals surface area contributed by atoms with E-state index in [0.717, 1.165) is 22.5 Å². The Bertz CT molecular complexity index is 1770. The number of carbonyl (C=O) groups is 1. The molecule has 0 amide bonds. The average molecular weight is 634 g/mol. The number of aromatic nitrogens is 3. The van der Waals surface area contributed by atoms with Gasteiger partial charge in [0.25, 0.3) is 0 Å². The van der Waals surface area contributed by atoms with E-state index in [-0.39, 0.29) is 36.0 Å². The Morgan fingerprint density at radius 3 is 2.60 bits per heavy atom. The van der Waals surface area contributed by atoms with Crippen molar-refractivity contribution in [2.75, 3.05) is 13.7 Å². The minimum atomic E-state index is -0.609. The van der Waals surface area contributed by atoms with Gasteiger partial charge in [-0.15, -0.1) is 0 Å². The molecular formula is C32H26BrF2N3O4. The van der Waals surface area contributed by atoms with Gasteiger partial charge in [0, 0.05) is 29.1 Å². The first-order valence-corrected chi connectivity index (χ1v) is 14.2. The molecule has 5 aromatic rings. The van der Waals surface area contributed by atoms with Crippen LogP contribution >= 0.6 is 15.9 Å². The molecule has 3 aromatic carbocycles. The van der Waals surface area contributed by atoms with Gasteiger partial charge in [0.05, 0.1) is 42.0 Å². The van der Waals surface area contributed by atoms with Gasteiger partial charge in [0.2, 0.25) is 5.88 Å². The van der Waals surface area contributed by atoms with Crippen LogP contribution in [0.2, 0.25) is 0 Å². The molecule has 1 saturated heterocycles. The Labute approximate surface area is 249 Å². The van der Waals surface area contributed by atoms with Gasteiger partial charge in [-0.25, -0.2) is 23.5 Å². The van der Waals surface area contributed by atoms with Crippen molar-refractivity contribution in [1.82, 2.24) is 14.5 Å². The lowest BCUT2D eigenvalue weighted by Gasteiger charge is -2.27. The van der Waals surface area contributed by atoms with E-state index in [1.165, 1.54) is 13.2 Å². The van der Waals surface area contributed by atoms with E-state index in [4.69, 9.17) is 19.2 Å². The summed E-state index contributed by atoms with van der Waals surface area (Å²) in [6.07, 6.45) is 0.907. The van der Waals surface area contributed by atoms with Gasteiger partial charge in [0.15, 0.2) is 0 Å². The molecule has 214 valence electrons. The number of hydrogen-bond acceptors (Lipinski definition) is 6. The standard InChI is InChI=1S/C32H26BrF2N3O4/c1-40-32(39)20-7-10-28-29(14-20)38(17-23-11-12-41-23)30(36-28)15-21-13-26(35)24(16-25(21)34)27-3-2-4-31(37-27)42-18-19-5-8-22(33)9-6-19/h2-10,13-14,16,23H,11-12,15,17-18H2,1H3/t23-/m0/s1. The molecule has 2 aromatic heterocycles. The summed E-state index contributed by atoms with van der Waals surface area (Å²) < 4.78 is 50.1. The molecule has 1 aliphatic heterocycles. The van der Waals surface area contributed by atoms with Crippen molar-refractivity contribution in [1.29, 1.82) is 0 Å². The van der Waals surface area contributed by atoms with Crippen LogP contribution in [0.1, 0.15) is 33.7 Å². The fourth-order valence-corrected chi connectivity index (χ4v) is 5.13. The number of halogens is 3. The highest BCUT2D eigenvalue weighted by molar-refractivity contribution is 9.10. The minimum Gasteiger partial charge on any atom is -0.473 e. The van der Waals surface area contributed by atoms with Gasteiger partial charge >= 0.3 is 5.97 Å². The number of pyridine rings is 1. The Hall–Kier alpha value is -4.15. The number of rotatable bonds is 9. The van der Waals surface area contributed by atoms with E-state index in [9.17, 15) is 4.79 Å². The number of fused-ring (bicyclic) bond motifs is 1. The van der Waals surface area contributed by atoms with Gasteiger partial charge < -0.3 is 18.8 Å². The zero-order valence-corrected chi connectivity index (χ0v) is 24.2. The highest BCUT2D eigenvalue weighted by atomic mass is 79.9. The molecule has 3 heterocycles. The number of methoxy groups -OCH3 is 1. The lowest BCUT2D eigenvalue weighted by atomic mass is 10.0. The maximum atomic E-state index is 15.5. The summed E-state index contributed by atoms with van der Waals surface area (Å²) in [6, 6.07) is 20.1.